The second-order valence-electron chi connectivity index (χ2n) is 15.5. The largest absolute Gasteiger partial charge is 0.456 e. The van der Waals surface area contributed by atoms with Crippen molar-refractivity contribution in [3.63, 3.8) is 0 Å². The third-order valence-corrected chi connectivity index (χ3v) is 13.4. The number of hydrogen-bond acceptors (Lipinski definition) is 1. The Morgan fingerprint density at radius 2 is 1.48 bits per heavy atom. The quantitative estimate of drug-likeness (QED) is 0.148. The zero-order valence-corrected chi connectivity index (χ0v) is 28.8. The van der Waals surface area contributed by atoms with Gasteiger partial charge >= 0.3 is 0 Å². The van der Waals surface area contributed by atoms with E-state index >= 15 is 0 Å². The summed E-state index contributed by atoms with van der Waals surface area (Å²) in [5.74, 6) is 0. The van der Waals surface area contributed by atoms with Crippen molar-refractivity contribution in [3.8, 4) is 22.5 Å². The van der Waals surface area contributed by atoms with Crippen LogP contribution >= 0.6 is 0 Å². The van der Waals surface area contributed by atoms with Gasteiger partial charge in [0.2, 0.25) is 11.4 Å². The summed E-state index contributed by atoms with van der Waals surface area (Å²) in [6.07, 6.45) is 5.16. The van der Waals surface area contributed by atoms with Crippen LogP contribution in [0.5, 0.6) is 0 Å². The molecular weight excluding hydrogens is 635 g/mol. The molecule has 4 nitrogen and oxygen atoms in total. The molecule has 0 N–H and O–H groups in total. The molecule has 5 aromatic heterocycles. The topological polar surface area (TPSA) is 25.3 Å². The van der Waals surface area contributed by atoms with E-state index in [4.69, 9.17) is 11.0 Å². The van der Waals surface area contributed by atoms with E-state index in [1.165, 1.54) is 88.2 Å². The summed E-state index contributed by atoms with van der Waals surface area (Å²) in [5, 5.41) is 7.53. The van der Waals surface area contributed by atoms with Gasteiger partial charge in [0.1, 0.15) is 17.6 Å². The minimum atomic E-state index is -0.329. The number of furan rings is 1. The summed E-state index contributed by atoms with van der Waals surface area (Å²) < 4.78 is 14.0. The molecule has 0 radical (unpaired) electrons. The highest BCUT2D eigenvalue weighted by atomic mass is 16.3. The van der Waals surface area contributed by atoms with Gasteiger partial charge in [-0.2, -0.15) is 9.13 Å². The molecule has 10 aromatic rings. The molecule has 2 unspecified atom stereocenters. The minimum Gasteiger partial charge on any atom is -0.456 e. The van der Waals surface area contributed by atoms with Crippen molar-refractivity contribution in [1.82, 2.24) is 4.40 Å². The highest BCUT2D eigenvalue weighted by Crippen LogP contribution is 2.58. The molecule has 13 rings (SSSR count). The molecule has 5 aromatic carbocycles. The number of aryl methyl sites for hydroxylation is 1. The Morgan fingerprint density at radius 3 is 2.44 bits per heavy atom. The van der Waals surface area contributed by atoms with Crippen LogP contribution in [-0.4, -0.2) is 4.40 Å². The molecular formula is C48H33N3O+2. The van der Waals surface area contributed by atoms with E-state index in [1.807, 2.05) is 0 Å². The summed E-state index contributed by atoms with van der Waals surface area (Å²) in [4.78, 5) is 0. The van der Waals surface area contributed by atoms with Crippen molar-refractivity contribution < 1.29 is 13.6 Å². The Balaban J connectivity index is 1.17. The lowest BCUT2D eigenvalue weighted by Crippen LogP contribution is -2.81. The summed E-state index contributed by atoms with van der Waals surface area (Å²) in [6.45, 7) is 7.58. The van der Waals surface area contributed by atoms with Crippen LogP contribution in [0.25, 0.3) is 88.2 Å². The molecule has 2 atom stereocenters. The van der Waals surface area contributed by atoms with Crippen molar-refractivity contribution in [1.29, 1.82) is 0 Å². The Kier molecular flexibility index (Phi) is 4.73. The van der Waals surface area contributed by atoms with E-state index in [1.54, 1.807) is 0 Å². The molecule has 0 fully saturated rings. The summed E-state index contributed by atoms with van der Waals surface area (Å²) in [7, 11) is 0. The molecule has 3 aliphatic heterocycles. The fourth-order valence-electron chi connectivity index (χ4n) is 11.1. The van der Waals surface area contributed by atoms with Crippen molar-refractivity contribution in [2.45, 2.75) is 37.1 Å². The Hall–Kier alpha value is -6.26. The standard InChI is InChI=1S/C48H33N3O/c1-28-48-27-30-12-9-18-39(51(30)48)36-25-35-32-15-10-16-34-44-40(20-21-43-45(44)33-14-5-6-19-42(33)52-43)50(46(32)34)41(35)26-37(36)47(48,2)23-22-29-11-3-4-13-31(29)38-17-7-8-24-49(28)38/h3-21,24-26H,1,22-23,27H2,2H3/q+2. The van der Waals surface area contributed by atoms with Crippen LogP contribution in [0.1, 0.15) is 30.2 Å². The van der Waals surface area contributed by atoms with Gasteiger partial charge in [-0.05, 0) is 86.0 Å². The molecule has 244 valence electrons. The van der Waals surface area contributed by atoms with E-state index in [0.717, 1.165) is 36.1 Å². The van der Waals surface area contributed by atoms with E-state index in [2.05, 4.69) is 154 Å². The van der Waals surface area contributed by atoms with Crippen LogP contribution in [0.3, 0.4) is 0 Å². The predicted molar refractivity (Wildman–Crippen MR) is 209 cm³/mol. The first-order valence-electron chi connectivity index (χ1n) is 18.5. The fraction of sp³-hybridized carbons (Fsp3) is 0.125. The molecule has 3 aliphatic rings. The zero-order valence-electron chi connectivity index (χ0n) is 28.8. The monoisotopic (exact) mass is 667 g/mol. The fourth-order valence-corrected chi connectivity index (χ4v) is 11.1. The average molecular weight is 668 g/mol. The van der Waals surface area contributed by atoms with Gasteiger partial charge in [0.25, 0.3) is 11.2 Å². The number of fused-ring (bicyclic) bond motifs is 16. The third-order valence-electron chi connectivity index (χ3n) is 13.4. The molecule has 0 saturated heterocycles. The van der Waals surface area contributed by atoms with Gasteiger partial charge in [-0.25, -0.2) is 0 Å². The average Bonchev–Trinajstić information content (AvgIpc) is 3.83. The highest BCUT2D eigenvalue weighted by Gasteiger charge is 2.73. The van der Waals surface area contributed by atoms with Crippen LogP contribution in [0.4, 0.5) is 0 Å². The van der Waals surface area contributed by atoms with Crippen LogP contribution < -0.4 is 9.13 Å². The number of hydrogen-bond donors (Lipinski definition) is 0. The van der Waals surface area contributed by atoms with Gasteiger partial charge < -0.3 is 8.82 Å². The summed E-state index contributed by atoms with van der Waals surface area (Å²) in [6, 6.07) is 47.3. The van der Waals surface area contributed by atoms with Gasteiger partial charge in [0.15, 0.2) is 11.9 Å². The van der Waals surface area contributed by atoms with Gasteiger partial charge in [-0.3, -0.25) is 0 Å². The predicted octanol–water partition coefficient (Wildman–Crippen LogP) is 10.3. The van der Waals surface area contributed by atoms with Crippen LogP contribution in [0.2, 0.25) is 0 Å². The Bertz CT molecular complexity index is 3270. The Labute approximate surface area is 299 Å². The number of benzene rings is 5. The second kappa shape index (κ2) is 8.96. The number of aromatic nitrogens is 3. The molecule has 0 saturated carbocycles. The van der Waals surface area contributed by atoms with E-state index in [0.29, 0.717) is 0 Å². The first-order chi connectivity index (χ1) is 25.6. The maximum atomic E-state index is 6.40. The van der Waals surface area contributed by atoms with Gasteiger partial charge in [0, 0.05) is 62.1 Å². The molecule has 0 aliphatic carbocycles. The number of allylic oxidation sites excluding steroid dienone is 1. The van der Waals surface area contributed by atoms with Crippen molar-refractivity contribution in [3.05, 3.63) is 157 Å². The lowest BCUT2D eigenvalue weighted by atomic mass is 9.54. The Morgan fingerprint density at radius 1 is 0.673 bits per heavy atom. The van der Waals surface area contributed by atoms with Gasteiger partial charge in [0.05, 0.1) is 27.5 Å². The lowest BCUT2D eigenvalue weighted by Gasteiger charge is -2.51. The second-order valence-corrected chi connectivity index (χ2v) is 15.5. The van der Waals surface area contributed by atoms with E-state index < -0.39 is 0 Å². The number of pyridine rings is 2. The van der Waals surface area contributed by atoms with Crippen molar-refractivity contribution in [2.24, 2.45) is 0 Å². The number of para-hydroxylation sites is 2. The first kappa shape index (κ1) is 27.5. The first-order valence-corrected chi connectivity index (χ1v) is 18.5. The van der Waals surface area contributed by atoms with Gasteiger partial charge in [-0.1, -0.05) is 54.6 Å². The van der Waals surface area contributed by atoms with Crippen molar-refractivity contribution in [2.75, 3.05) is 0 Å². The number of nitrogens with zero attached hydrogens (tertiary/aromatic N) is 3. The van der Waals surface area contributed by atoms with E-state index in [9.17, 15) is 0 Å². The zero-order chi connectivity index (χ0) is 34.1. The SMILES string of the molecule is C=C1[n+]2ccccc2-c2ccccc2CCC2(C)c3cc4c(cc3-c3cccc5[n+]3C12C5)c1cccc2c3c5c(ccc3n4c12)oc1ccccc15. The molecule has 1 spiro atoms. The molecule has 0 amide bonds. The van der Waals surface area contributed by atoms with Gasteiger partial charge in [-0.15, -0.1) is 0 Å². The molecule has 52 heavy (non-hydrogen) atoms. The smallest absolute Gasteiger partial charge is 0.270 e. The van der Waals surface area contributed by atoms with Crippen LogP contribution in [-0.2, 0) is 23.8 Å². The maximum absolute atomic E-state index is 6.40. The highest BCUT2D eigenvalue weighted by molar-refractivity contribution is 6.32. The minimum absolute atomic E-state index is 0.247. The molecule has 8 heterocycles. The maximum Gasteiger partial charge on any atom is 0.270 e. The molecule has 4 heteroatoms. The van der Waals surface area contributed by atoms with Crippen molar-refractivity contribution >= 4 is 65.7 Å². The van der Waals surface area contributed by atoms with Crippen LogP contribution in [0, 0.1) is 0 Å². The third kappa shape index (κ3) is 2.91. The normalized spacial score (nSPS) is 20.4. The molecule has 0 bridgehead atoms. The lowest BCUT2D eigenvalue weighted by molar-refractivity contribution is -0.815. The summed E-state index contributed by atoms with van der Waals surface area (Å²) in [5.41, 5.74) is 15.5. The number of rotatable bonds is 0. The summed E-state index contributed by atoms with van der Waals surface area (Å²) >= 11 is 0. The van der Waals surface area contributed by atoms with E-state index in [-0.39, 0.29) is 11.0 Å². The van der Waals surface area contributed by atoms with Crippen LogP contribution in [0.15, 0.2) is 145 Å².